The number of hydrogen-bond acceptors (Lipinski definition) is 6. The van der Waals surface area contributed by atoms with Crippen molar-refractivity contribution in [3.8, 4) is 0 Å². The average molecular weight is 410 g/mol. The second kappa shape index (κ2) is 5.94. The standard InChI is InChI=1S/C16H20BrN5OS/c1-8-5-22(6-9(2)23-8)7-12-20-13-14(21(12)3)15-10(19-16(13)18)4-11(17)24-15/h4,8-9H,5-7H2,1-3H3,(H2,18,19). The van der Waals surface area contributed by atoms with Gasteiger partial charge in [0.1, 0.15) is 11.3 Å². The highest BCUT2D eigenvalue weighted by atomic mass is 79.9. The Bertz CT molecular complexity index is 910. The van der Waals surface area contributed by atoms with Crippen LogP contribution in [0.15, 0.2) is 9.85 Å². The van der Waals surface area contributed by atoms with E-state index in [1.807, 2.05) is 6.07 Å². The summed E-state index contributed by atoms with van der Waals surface area (Å²) in [7, 11) is 2.06. The van der Waals surface area contributed by atoms with E-state index in [0.717, 1.165) is 50.5 Å². The molecular weight excluding hydrogens is 390 g/mol. The lowest BCUT2D eigenvalue weighted by atomic mass is 10.2. The number of rotatable bonds is 2. The van der Waals surface area contributed by atoms with Crippen molar-refractivity contribution < 1.29 is 4.74 Å². The number of thiophene rings is 1. The average Bonchev–Trinajstić information content (AvgIpc) is 2.99. The topological polar surface area (TPSA) is 69.2 Å². The van der Waals surface area contributed by atoms with E-state index in [-0.39, 0.29) is 12.2 Å². The molecule has 3 aromatic rings. The highest BCUT2D eigenvalue weighted by Gasteiger charge is 2.24. The molecule has 1 saturated heterocycles. The number of aryl methyl sites for hydroxylation is 1. The summed E-state index contributed by atoms with van der Waals surface area (Å²) in [6, 6.07) is 2.01. The number of fused-ring (bicyclic) bond motifs is 3. The number of nitrogen functional groups attached to an aromatic ring is 1. The molecule has 2 N–H and O–H groups in total. The summed E-state index contributed by atoms with van der Waals surface area (Å²) in [6.07, 6.45) is 0.491. The van der Waals surface area contributed by atoms with Crippen LogP contribution in [0.5, 0.6) is 0 Å². The third-order valence-electron chi connectivity index (χ3n) is 4.43. The Kier molecular flexibility index (Phi) is 4.03. The van der Waals surface area contributed by atoms with E-state index in [9.17, 15) is 0 Å². The zero-order valence-electron chi connectivity index (χ0n) is 13.9. The van der Waals surface area contributed by atoms with Crippen LogP contribution in [0.4, 0.5) is 5.82 Å². The van der Waals surface area contributed by atoms with E-state index in [2.05, 4.69) is 51.3 Å². The molecule has 0 amide bonds. The minimum absolute atomic E-state index is 0.245. The highest BCUT2D eigenvalue weighted by Crippen LogP contribution is 2.36. The molecule has 128 valence electrons. The third-order valence-corrected chi connectivity index (χ3v) is 6.06. The van der Waals surface area contributed by atoms with Crippen LogP contribution in [-0.4, -0.2) is 44.7 Å². The molecular formula is C16H20BrN5OS. The summed E-state index contributed by atoms with van der Waals surface area (Å²) >= 11 is 5.21. The van der Waals surface area contributed by atoms with E-state index >= 15 is 0 Å². The molecule has 0 aliphatic carbocycles. The fraction of sp³-hybridized carbons (Fsp3) is 0.500. The van der Waals surface area contributed by atoms with Crippen LogP contribution < -0.4 is 5.73 Å². The number of morpholine rings is 1. The predicted octanol–water partition coefficient (Wildman–Crippen LogP) is 3.14. The molecule has 0 aromatic carbocycles. The van der Waals surface area contributed by atoms with Crippen molar-refractivity contribution in [3.05, 3.63) is 15.7 Å². The molecule has 4 heterocycles. The van der Waals surface area contributed by atoms with Crippen LogP contribution in [0.3, 0.4) is 0 Å². The SMILES string of the molecule is CC1CN(Cc2nc3c(N)nc4cc(Br)sc4c3n2C)CC(C)O1. The number of pyridine rings is 1. The van der Waals surface area contributed by atoms with Gasteiger partial charge >= 0.3 is 0 Å². The molecule has 1 aliphatic rings. The van der Waals surface area contributed by atoms with E-state index in [1.54, 1.807) is 11.3 Å². The Morgan fingerprint density at radius 1 is 1.33 bits per heavy atom. The number of hydrogen-bond donors (Lipinski definition) is 1. The van der Waals surface area contributed by atoms with Crippen molar-refractivity contribution in [2.24, 2.45) is 7.05 Å². The predicted molar refractivity (Wildman–Crippen MR) is 101 cm³/mol. The maximum Gasteiger partial charge on any atom is 0.152 e. The summed E-state index contributed by atoms with van der Waals surface area (Å²) in [6.45, 7) is 6.86. The van der Waals surface area contributed by atoms with Crippen LogP contribution in [0, 0.1) is 0 Å². The number of imidazole rings is 1. The monoisotopic (exact) mass is 409 g/mol. The van der Waals surface area contributed by atoms with Crippen molar-refractivity contribution in [2.45, 2.75) is 32.6 Å². The Morgan fingerprint density at radius 2 is 2.04 bits per heavy atom. The Hall–Kier alpha value is -1.22. The lowest BCUT2D eigenvalue weighted by Gasteiger charge is -2.34. The first-order valence-corrected chi connectivity index (χ1v) is 9.61. The molecule has 6 nitrogen and oxygen atoms in total. The molecule has 1 aliphatic heterocycles. The lowest BCUT2D eigenvalue weighted by Crippen LogP contribution is -2.45. The molecule has 8 heteroatoms. The molecule has 0 bridgehead atoms. The molecule has 1 fully saturated rings. The number of anilines is 1. The van der Waals surface area contributed by atoms with Gasteiger partial charge in [0.15, 0.2) is 5.82 Å². The Balaban J connectivity index is 1.78. The second-order valence-electron chi connectivity index (χ2n) is 6.50. The number of aromatic nitrogens is 3. The fourth-order valence-corrected chi connectivity index (χ4v) is 5.13. The summed E-state index contributed by atoms with van der Waals surface area (Å²) < 4.78 is 10.1. The van der Waals surface area contributed by atoms with Gasteiger partial charge in [0.2, 0.25) is 0 Å². The first kappa shape index (κ1) is 16.3. The number of nitrogens with zero attached hydrogens (tertiary/aromatic N) is 4. The fourth-order valence-electron chi connectivity index (χ4n) is 3.53. The summed E-state index contributed by atoms with van der Waals surface area (Å²) in [5.41, 5.74) is 8.94. The smallest absolute Gasteiger partial charge is 0.152 e. The van der Waals surface area contributed by atoms with Crippen molar-refractivity contribution in [3.63, 3.8) is 0 Å². The van der Waals surface area contributed by atoms with Gasteiger partial charge in [-0.1, -0.05) is 0 Å². The van der Waals surface area contributed by atoms with Gasteiger partial charge in [-0.15, -0.1) is 11.3 Å². The third kappa shape index (κ3) is 2.71. The van der Waals surface area contributed by atoms with Gasteiger partial charge in [-0.25, -0.2) is 9.97 Å². The maximum atomic E-state index is 6.16. The molecule has 4 rings (SSSR count). The van der Waals surface area contributed by atoms with E-state index in [0.29, 0.717) is 5.82 Å². The molecule has 0 spiro atoms. The summed E-state index contributed by atoms with van der Waals surface area (Å²) in [4.78, 5) is 11.7. The van der Waals surface area contributed by atoms with Crippen molar-refractivity contribution >= 4 is 54.3 Å². The van der Waals surface area contributed by atoms with Crippen LogP contribution in [0.1, 0.15) is 19.7 Å². The van der Waals surface area contributed by atoms with Gasteiger partial charge in [0.25, 0.3) is 0 Å². The molecule has 3 aromatic heterocycles. The number of nitrogens with two attached hydrogens (primary N) is 1. The van der Waals surface area contributed by atoms with E-state index in [1.165, 1.54) is 0 Å². The Labute approximate surface area is 152 Å². The maximum absolute atomic E-state index is 6.16. The van der Waals surface area contributed by atoms with Gasteiger partial charge in [-0.05, 0) is 35.8 Å². The van der Waals surface area contributed by atoms with Gasteiger partial charge in [0, 0.05) is 20.1 Å². The summed E-state index contributed by atoms with van der Waals surface area (Å²) in [5, 5.41) is 0. The summed E-state index contributed by atoms with van der Waals surface area (Å²) in [5.74, 6) is 1.50. The zero-order valence-corrected chi connectivity index (χ0v) is 16.3. The highest BCUT2D eigenvalue weighted by molar-refractivity contribution is 9.11. The first-order chi connectivity index (χ1) is 11.4. The van der Waals surface area contributed by atoms with Crippen molar-refractivity contribution in [1.29, 1.82) is 0 Å². The quantitative estimate of drug-likeness (QED) is 0.703. The van der Waals surface area contributed by atoms with Crippen LogP contribution in [0.2, 0.25) is 0 Å². The van der Waals surface area contributed by atoms with E-state index in [4.69, 9.17) is 15.5 Å². The Morgan fingerprint density at radius 3 is 2.75 bits per heavy atom. The van der Waals surface area contributed by atoms with Crippen LogP contribution in [-0.2, 0) is 18.3 Å². The normalized spacial score (nSPS) is 22.7. The second-order valence-corrected chi connectivity index (χ2v) is 8.93. The molecule has 2 unspecified atom stereocenters. The number of ether oxygens (including phenoxy) is 1. The van der Waals surface area contributed by atoms with E-state index < -0.39 is 0 Å². The lowest BCUT2D eigenvalue weighted by molar-refractivity contribution is -0.0712. The van der Waals surface area contributed by atoms with Gasteiger partial charge in [0.05, 0.1) is 38.3 Å². The minimum atomic E-state index is 0.245. The van der Waals surface area contributed by atoms with Gasteiger partial charge in [-0.2, -0.15) is 0 Å². The number of halogens is 1. The first-order valence-electron chi connectivity index (χ1n) is 8.00. The molecule has 24 heavy (non-hydrogen) atoms. The van der Waals surface area contributed by atoms with Gasteiger partial charge < -0.3 is 15.0 Å². The zero-order chi connectivity index (χ0) is 17.0. The molecule has 2 atom stereocenters. The largest absolute Gasteiger partial charge is 0.382 e. The van der Waals surface area contributed by atoms with Crippen LogP contribution >= 0.6 is 27.3 Å². The minimum Gasteiger partial charge on any atom is -0.382 e. The van der Waals surface area contributed by atoms with Crippen LogP contribution in [0.25, 0.3) is 21.3 Å². The van der Waals surface area contributed by atoms with Gasteiger partial charge in [-0.3, -0.25) is 4.90 Å². The van der Waals surface area contributed by atoms with Crippen molar-refractivity contribution in [1.82, 2.24) is 19.4 Å². The molecule has 0 saturated carbocycles. The molecule has 0 radical (unpaired) electrons. The van der Waals surface area contributed by atoms with Crippen molar-refractivity contribution in [2.75, 3.05) is 18.8 Å².